The van der Waals surface area contributed by atoms with Crippen LogP contribution >= 0.6 is 0 Å². The van der Waals surface area contributed by atoms with Gasteiger partial charge in [0, 0.05) is 12.6 Å². The smallest absolute Gasteiger partial charge is 0.287 e. The van der Waals surface area contributed by atoms with Crippen molar-refractivity contribution >= 4 is 16.9 Å². The molecule has 1 heterocycles. The van der Waals surface area contributed by atoms with Crippen molar-refractivity contribution in [2.24, 2.45) is 0 Å². The Hall–Kier alpha value is -2.10. The molecule has 0 spiro atoms. The number of carbonyl (C=O) groups is 1. The molecular weight excluding hydrogens is 314 g/mol. The fourth-order valence-corrected chi connectivity index (χ4v) is 2.94. The molecule has 0 saturated carbocycles. The van der Waals surface area contributed by atoms with Crippen LogP contribution < -0.4 is 10.7 Å². The second-order valence-electron chi connectivity index (χ2n) is 6.56. The molecule has 1 aromatic carbocycles. The molecule has 1 amide bonds. The normalized spacial score (nSPS) is 10.9. The summed E-state index contributed by atoms with van der Waals surface area (Å²) in [6, 6.07) is 8.24. The van der Waals surface area contributed by atoms with Crippen molar-refractivity contribution in [3.05, 3.63) is 46.3 Å². The zero-order chi connectivity index (χ0) is 17.9. The average molecular weight is 343 g/mol. The van der Waals surface area contributed by atoms with E-state index in [4.69, 9.17) is 4.42 Å². The number of benzene rings is 1. The fraction of sp³-hybridized carbons (Fsp3) is 0.524. The number of hydrogen-bond acceptors (Lipinski definition) is 3. The molecule has 25 heavy (non-hydrogen) atoms. The van der Waals surface area contributed by atoms with Crippen molar-refractivity contribution in [1.29, 1.82) is 0 Å². The second kappa shape index (κ2) is 10.7. The maximum absolute atomic E-state index is 12.1. The van der Waals surface area contributed by atoms with Crippen molar-refractivity contribution in [2.75, 3.05) is 6.54 Å². The van der Waals surface area contributed by atoms with Crippen LogP contribution in [-0.2, 0) is 0 Å². The summed E-state index contributed by atoms with van der Waals surface area (Å²) in [5.41, 5.74) is 0.262. The van der Waals surface area contributed by atoms with Crippen LogP contribution in [0, 0.1) is 0 Å². The Morgan fingerprint density at radius 1 is 0.960 bits per heavy atom. The van der Waals surface area contributed by atoms with Crippen LogP contribution in [-0.4, -0.2) is 12.5 Å². The summed E-state index contributed by atoms with van der Waals surface area (Å²) >= 11 is 0. The summed E-state index contributed by atoms with van der Waals surface area (Å²) in [5.74, 6) is -0.234. The molecular formula is C21H29NO3. The summed E-state index contributed by atoms with van der Waals surface area (Å²) in [7, 11) is 0. The summed E-state index contributed by atoms with van der Waals surface area (Å²) in [4.78, 5) is 24.1. The van der Waals surface area contributed by atoms with Gasteiger partial charge in [-0.3, -0.25) is 9.59 Å². The highest BCUT2D eigenvalue weighted by Gasteiger charge is 2.11. The molecule has 0 aliphatic heterocycles. The first-order valence-corrected chi connectivity index (χ1v) is 9.53. The molecule has 4 nitrogen and oxygen atoms in total. The van der Waals surface area contributed by atoms with Crippen molar-refractivity contribution in [3.63, 3.8) is 0 Å². The van der Waals surface area contributed by atoms with Crippen LogP contribution in [0.4, 0.5) is 0 Å². The van der Waals surface area contributed by atoms with Gasteiger partial charge in [-0.2, -0.15) is 0 Å². The van der Waals surface area contributed by atoms with E-state index in [-0.39, 0.29) is 17.1 Å². The molecule has 2 aromatic rings. The van der Waals surface area contributed by atoms with Crippen LogP contribution in [0.1, 0.15) is 75.3 Å². The van der Waals surface area contributed by atoms with E-state index in [9.17, 15) is 9.59 Å². The van der Waals surface area contributed by atoms with E-state index in [2.05, 4.69) is 12.2 Å². The highest BCUT2D eigenvalue weighted by molar-refractivity contribution is 5.93. The Morgan fingerprint density at radius 2 is 1.60 bits per heavy atom. The molecule has 136 valence electrons. The Morgan fingerprint density at radius 3 is 2.32 bits per heavy atom. The van der Waals surface area contributed by atoms with Gasteiger partial charge in [0.05, 0.1) is 5.39 Å². The molecule has 4 heteroatoms. The predicted molar refractivity (Wildman–Crippen MR) is 102 cm³/mol. The lowest BCUT2D eigenvalue weighted by molar-refractivity contribution is 0.0926. The fourth-order valence-electron chi connectivity index (χ4n) is 2.94. The summed E-state index contributed by atoms with van der Waals surface area (Å²) < 4.78 is 5.53. The van der Waals surface area contributed by atoms with Crippen LogP contribution in [0.15, 0.2) is 39.5 Å². The first-order chi connectivity index (χ1) is 12.2. The number of para-hydroxylation sites is 1. The molecule has 0 fully saturated rings. The van der Waals surface area contributed by atoms with E-state index in [1.165, 1.54) is 51.0 Å². The first-order valence-electron chi connectivity index (χ1n) is 9.53. The monoisotopic (exact) mass is 343 g/mol. The van der Waals surface area contributed by atoms with Gasteiger partial charge in [-0.1, -0.05) is 70.4 Å². The second-order valence-corrected chi connectivity index (χ2v) is 6.56. The van der Waals surface area contributed by atoms with Gasteiger partial charge in [0.1, 0.15) is 5.58 Å². The number of amides is 1. The lowest BCUT2D eigenvalue weighted by atomic mass is 10.1. The molecule has 0 atom stereocenters. The quantitative estimate of drug-likeness (QED) is 0.581. The van der Waals surface area contributed by atoms with Gasteiger partial charge in [0.2, 0.25) is 0 Å². The maximum atomic E-state index is 12.1. The van der Waals surface area contributed by atoms with Gasteiger partial charge in [0.15, 0.2) is 11.2 Å². The SMILES string of the molecule is CCCCCCCCCCCNC(=O)c1cc(=O)c2ccccc2o1. The highest BCUT2D eigenvalue weighted by atomic mass is 16.3. The van der Waals surface area contributed by atoms with E-state index >= 15 is 0 Å². The molecule has 0 bridgehead atoms. The standard InChI is InChI=1S/C21H29NO3/c1-2-3-4-5-6-7-8-9-12-15-22-21(24)20-16-18(23)17-13-10-11-14-19(17)25-20/h10-11,13-14,16H,2-9,12,15H2,1H3,(H,22,24). The Kier molecular flexibility index (Phi) is 8.23. The van der Waals surface area contributed by atoms with Gasteiger partial charge < -0.3 is 9.73 Å². The number of fused-ring (bicyclic) bond motifs is 1. The molecule has 2 rings (SSSR count). The third kappa shape index (κ3) is 6.37. The number of nitrogens with one attached hydrogen (secondary N) is 1. The first kappa shape index (κ1) is 19.2. The molecule has 1 aromatic heterocycles. The predicted octanol–water partition coefficient (Wildman–Crippen LogP) is 5.05. The van der Waals surface area contributed by atoms with Crippen molar-refractivity contribution < 1.29 is 9.21 Å². The van der Waals surface area contributed by atoms with Crippen LogP contribution in [0.2, 0.25) is 0 Å². The topological polar surface area (TPSA) is 59.3 Å². The summed E-state index contributed by atoms with van der Waals surface area (Å²) in [6.45, 7) is 2.85. The maximum Gasteiger partial charge on any atom is 0.287 e. The van der Waals surface area contributed by atoms with Gasteiger partial charge in [-0.25, -0.2) is 0 Å². The molecule has 0 aliphatic rings. The van der Waals surface area contributed by atoms with E-state index in [0.29, 0.717) is 17.5 Å². The van der Waals surface area contributed by atoms with Crippen molar-refractivity contribution in [3.8, 4) is 0 Å². The Labute approximate surface area is 149 Å². The zero-order valence-electron chi connectivity index (χ0n) is 15.2. The molecule has 0 saturated heterocycles. The average Bonchev–Trinajstić information content (AvgIpc) is 2.63. The minimum absolute atomic E-state index is 0.0830. The largest absolute Gasteiger partial charge is 0.451 e. The van der Waals surface area contributed by atoms with E-state index in [0.717, 1.165) is 12.8 Å². The van der Waals surface area contributed by atoms with Crippen molar-refractivity contribution in [2.45, 2.75) is 64.7 Å². The van der Waals surface area contributed by atoms with Crippen LogP contribution in [0.25, 0.3) is 11.0 Å². The third-order valence-corrected chi connectivity index (χ3v) is 4.42. The summed E-state index contributed by atoms with van der Waals surface area (Å²) in [6.07, 6.45) is 11.2. The van der Waals surface area contributed by atoms with Gasteiger partial charge >= 0.3 is 0 Å². The van der Waals surface area contributed by atoms with Crippen LogP contribution in [0.5, 0.6) is 0 Å². The van der Waals surface area contributed by atoms with Crippen LogP contribution in [0.3, 0.4) is 0 Å². The van der Waals surface area contributed by atoms with Gasteiger partial charge in [0.25, 0.3) is 5.91 Å². The number of hydrogen-bond donors (Lipinski definition) is 1. The summed E-state index contributed by atoms with van der Waals surface area (Å²) in [5, 5.41) is 3.34. The number of unbranched alkanes of at least 4 members (excludes halogenated alkanes) is 8. The van der Waals surface area contributed by atoms with Gasteiger partial charge in [-0.05, 0) is 18.6 Å². The minimum Gasteiger partial charge on any atom is -0.451 e. The number of carbonyl (C=O) groups excluding carboxylic acids is 1. The Bertz CT molecular complexity index is 720. The van der Waals surface area contributed by atoms with E-state index < -0.39 is 0 Å². The molecule has 0 unspecified atom stereocenters. The third-order valence-electron chi connectivity index (χ3n) is 4.42. The van der Waals surface area contributed by atoms with Crippen molar-refractivity contribution in [1.82, 2.24) is 5.32 Å². The van der Waals surface area contributed by atoms with E-state index in [1.54, 1.807) is 24.3 Å². The molecule has 0 aliphatic carbocycles. The minimum atomic E-state index is -0.317. The van der Waals surface area contributed by atoms with E-state index in [1.807, 2.05) is 0 Å². The molecule has 1 N–H and O–H groups in total. The lowest BCUT2D eigenvalue weighted by Gasteiger charge is -2.06. The Balaban J connectivity index is 1.67. The van der Waals surface area contributed by atoms with Gasteiger partial charge in [-0.15, -0.1) is 0 Å². The lowest BCUT2D eigenvalue weighted by Crippen LogP contribution is -2.25. The highest BCUT2D eigenvalue weighted by Crippen LogP contribution is 2.12. The molecule has 0 radical (unpaired) electrons. The number of rotatable bonds is 11. The zero-order valence-corrected chi connectivity index (χ0v) is 15.2.